The molecule has 0 aromatic heterocycles. The van der Waals surface area contributed by atoms with Crippen molar-refractivity contribution in [3.05, 3.63) is 64.2 Å². The second-order valence-corrected chi connectivity index (χ2v) is 7.65. The van der Waals surface area contributed by atoms with Gasteiger partial charge in [0.25, 0.3) is 0 Å². The van der Waals surface area contributed by atoms with Crippen LogP contribution in [-0.2, 0) is 4.79 Å². The minimum absolute atomic E-state index is 0.00401. The fraction of sp³-hybridized carbons (Fsp3) is 0.316. The van der Waals surface area contributed by atoms with Gasteiger partial charge in [-0.3, -0.25) is 4.79 Å². The fourth-order valence-electron chi connectivity index (χ4n) is 2.41. The number of thioether (sulfide) groups is 1. The van der Waals surface area contributed by atoms with Crippen LogP contribution in [0.15, 0.2) is 47.4 Å². The zero-order chi connectivity index (χ0) is 17.0. The Kier molecular flexibility index (Phi) is 6.14. The topological polar surface area (TPSA) is 29.1 Å². The van der Waals surface area contributed by atoms with Gasteiger partial charge in [0.15, 0.2) is 0 Å². The SMILES string of the molecule is Cc1ccc(C)c(C(C)NC(=O)C(C)Sc2ccc(Cl)cc2)c1. The molecule has 2 aromatic rings. The van der Waals surface area contributed by atoms with Crippen molar-refractivity contribution in [1.82, 2.24) is 5.32 Å². The summed E-state index contributed by atoms with van der Waals surface area (Å²) in [5.74, 6) is 0.0401. The second-order valence-electron chi connectivity index (χ2n) is 5.80. The number of aryl methyl sites for hydroxylation is 2. The Balaban J connectivity index is 2.00. The molecule has 1 N–H and O–H groups in total. The van der Waals surface area contributed by atoms with Gasteiger partial charge in [-0.15, -0.1) is 11.8 Å². The van der Waals surface area contributed by atoms with Crippen LogP contribution in [0.2, 0.25) is 5.02 Å². The molecule has 0 spiro atoms. The molecule has 2 rings (SSSR count). The monoisotopic (exact) mass is 347 g/mol. The molecule has 0 saturated heterocycles. The van der Waals surface area contributed by atoms with Crippen molar-refractivity contribution in [2.24, 2.45) is 0 Å². The number of hydrogen-bond acceptors (Lipinski definition) is 2. The van der Waals surface area contributed by atoms with Crippen LogP contribution in [0.5, 0.6) is 0 Å². The second kappa shape index (κ2) is 7.89. The third-order valence-corrected chi connectivity index (χ3v) is 5.12. The van der Waals surface area contributed by atoms with Crippen LogP contribution in [0.25, 0.3) is 0 Å². The molecule has 122 valence electrons. The Labute approximate surface area is 147 Å². The highest BCUT2D eigenvalue weighted by Gasteiger charge is 2.18. The highest BCUT2D eigenvalue weighted by molar-refractivity contribution is 8.00. The van der Waals surface area contributed by atoms with Crippen molar-refractivity contribution >= 4 is 29.3 Å². The first kappa shape index (κ1) is 17.9. The van der Waals surface area contributed by atoms with Gasteiger partial charge < -0.3 is 5.32 Å². The third-order valence-electron chi connectivity index (χ3n) is 3.76. The van der Waals surface area contributed by atoms with Crippen LogP contribution in [0.1, 0.15) is 36.6 Å². The summed E-state index contributed by atoms with van der Waals surface area (Å²) in [5.41, 5.74) is 3.57. The van der Waals surface area contributed by atoms with Crippen LogP contribution in [0.4, 0.5) is 0 Å². The van der Waals surface area contributed by atoms with E-state index in [0.29, 0.717) is 5.02 Å². The fourth-order valence-corrected chi connectivity index (χ4v) is 3.41. The summed E-state index contributed by atoms with van der Waals surface area (Å²) in [5, 5.41) is 3.65. The first-order valence-corrected chi connectivity index (χ1v) is 8.92. The Morgan fingerprint density at radius 2 is 1.74 bits per heavy atom. The summed E-state index contributed by atoms with van der Waals surface area (Å²) in [6.07, 6.45) is 0. The lowest BCUT2D eigenvalue weighted by Crippen LogP contribution is -2.33. The van der Waals surface area contributed by atoms with Gasteiger partial charge in [0.05, 0.1) is 11.3 Å². The molecule has 0 heterocycles. The number of carbonyl (C=O) groups is 1. The van der Waals surface area contributed by atoms with Crippen molar-refractivity contribution in [2.75, 3.05) is 0 Å². The van der Waals surface area contributed by atoms with Crippen molar-refractivity contribution < 1.29 is 4.79 Å². The quantitative estimate of drug-likeness (QED) is 0.742. The number of amides is 1. The lowest BCUT2D eigenvalue weighted by Gasteiger charge is -2.20. The molecular weight excluding hydrogens is 326 g/mol. The molecule has 2 atom stereocenters. The molecule has 0 aliphatic rings. The van der Waals surface area contributed by atoms with E-state index in [0.717, 1.165) is 4.90 Å². The van der Waals surface area contributed by atoms with E-state index in [1.807, 2.05) is 38.1 Å². The number of nitrogens with one attached hydrogen (secondary N) is 1. The van der Waals surface area contributed by atoms with E-state index in [2.05, 4.69) is 37.4 Å². The predicted octanol–water partition coefficient (Wildman–Crippen LogP) is 5.31. The summed E-state index contributed by atoms with van der Waals surface area (Å²) in [4.78, 5) is 13.5. The van der Waals surface area contributed by atoms with Gasteiger partial charge in [0.1, 0.15) is 0 Å². The average Bonchev–Trinajstić information content (AvgIpc) is 2.51. The van der Waals surface area contributed by atoms with Crippen LogP contribution in [0, 0.1) is 13.8 Å². The zero-order valence-corrected chi connectivity index (χ0v) is 15.5. The van der Waals surface area contributed by atoms with Gasteiger partial charge >= 0.3 is 0 Å². The first-order valence-electron chi connectivity index (χ1n) is 7.66. The van der Waals surface area contributed by atoms with Crippen LogP contribution in [-0.4, -0.2) is 11.2 Å². The Hall–Kier alpha value is -1.45. The number of hydrogen-bond donors (Lipinski definition) is 1. The van der Waals surface area contributed by atoms with E-state index in [1.165, 1.54) is 28.5 Å². The normalized spacial score (nSPS) is 13.4. The maximum absolute atomic E-state index is 12.4. The van der Waals surface area contributed by atoms with Gasteiger partial charge in [0, 0.05) is 9.92 Å². The van der Waals surface area contributed by atoms with E-state index in [9.17, 15) is 4.79 Å². The van der Waals surface area contributed by atoms with Gasteiger partial charge in [0.2, 0.25) is 5.91 Å². The lowest BCUT2D eigenvalue weighted by molar-refractivity contribution is -0.120. The molecule has 0 radical (unpaired) electrons. The summed E-state index contributed by atoms with van der Waals surface area (Å²) in [6.45, 7) is 8.09. The largest absolute Gasteiger partial charge is 0.349 e. The van der Waals surface area contributed by atoms with E-state index in [4.69, 9.17) is 11.6 Å². The Bertz CT molecular complexity index is 684. The van der Waals surface area contributed by atoms with E-state index in [1.54, 1.807) is 0 Å². The van der Waals surface area contributed by atoms with Gasteiger partial charge in [-0.05, 0) is 63.1 Å². The molecular formula is C19H22ClNOS. The highest BCUT2D eigenvalue weighted by atomic mass is 35.5. The zero-order valence-electron chi connectivity index (χ0n) is 13.9. The van der Waals surface area contributed by atoms with E-state index in [-0.39, 0.29) is 17.2 Å². The number of rotatable bonds is 5. The summed E-state index contributed by atoms with van der Waals surface area (Å²) < 4.78 is 0. The Morgan fingerprint density at radius 1 is 1.09 bits per heavy atom. The van der Waals surface area contributed by atoms with Crippen molar-refractivity contribution in [3.63, 3.8) is 0 Å². The molecule has 1 amide bonds. The van der Waals surface area contributed by atoms with Gasteiger partial charge in [-0.2, -0.15) is 0 Å². The Morgan fingerprint density at radius 3 is 2.39 bits per heavy atom. The van der Waals surface area contributed by atoms with Crippen molar-refractivity contribution in [1.29, 1.82) is 0 Å². The molecule has 0 bridgehead atoms. The number of carbonyl (C=O) groups excluding carboxylic acids is 1. The summed E-state index contributed by atoms with van der Waals surface area (Å²) in [6, 6.07) is 13.9. The molecule has 0 fully saturated rings. The molecule has 0 saturated carbocycles. The van der Waals surface area contributed by atoms with Gasteiger partial charge in [-0.1, -0.05) is 35.4 Å². The van der Waals surface area contributed by atoms with Crippen molar-refractivity contribution in [2.45, 2.75) is 43.9 Å². The van der Waals surface area contributed by atoms with Crippen LogP contribution in [0.3, 0.4) is 0 Å². The molecule has 23 heavy (non-hydrogen) atoms. The molecule has 2 nitrogen and oxygen atoms in total. The lowest BCUT2D eigenvalue weighted by atomic mass is 10.00. The van der Waals surface area contributed by atoms with E-state index < -0.39 is 0 Å². The van der Waals surface area contributed by atoms with Crippen LogP contribution < -0.4 is 5.32 Å². The number of benzene rings is 2. The van der Waals surface area contributed by atoms with E-state index >= 15 is 0 Å². The minimum atomic E-state index is -0.163. The van der Waals surface area contributed by atoms with Crippen molar-refractivity contribution in [3.8, 4) is 0 Å². The third kappa shape index (κ3) is 5.02. The molecule has 0 aliphatic heterocycles. The minimum Gasteiger partial charge on any atom is -0.349 e. The standard InChI is InChI=1S/C19H22ClNOS/c1-12-5-6-13(2)18(11-12)14(3)21-19(22)15(4)23-17-9-7-16(20)8-10-17/h5-11,14-15H,1-4H3,(H,21,22). The molecule has 4 heteroatoms. The summed E-state index contributed by atoms with van der Waals surface area (Å²) in [7, 11) is 0. The van der Waals surface area contributed by atoms with Gasteiger partial charge in [-0.25, -0.2) is 0 Å². The summed E-state index contributed by atoms with van der Waals surface area (Å²) >= 11 is 7.42. The highest BCUT2D eigenvalue weighted by Crippen LogP contribution is 2.26. The maximum atomic E-state index is 12.4. The van der Waals surface area contributed by atoms with Crippen LogP contribution >= 0.6 is 23.4 Å². The maximum Gasteiger partial charge on any atom is 0.233 e. The molecule has 0 aliphatic carbocycles. The molecule has 2 unspecified atom stereocenters. The number of halogens is 1. The molecule has 2 aromatic carbocycles. The first-order chi connectivity index (χ1) is 10.9. The smallest absolute Gasteiger partial charge is 0.233 e. The predicted molar refractivity (Wildman–Crippen MR) is 99.2 cm³/mol. The average molecular weight is 348 g/mol.